The van der Waals surface area contributed by atoms with E-state index in [-0.39, 0.29) is 6.10 Å². The zero-order valence-electron chi connectivity index (χ0n) is 9.44. The van der Waals surface area contributed by atoms with E-state index in [9.17, 15) is 0 Å². The van der Waals surface area contributed by atoms with Gasteiger partial charge in [0, 0.05) is 37.4 Å². The Labute approximate surface area is 90.6 Å². The second-order valence-corrected chi connectivity index (χ2v) is 4.03. The lowest BCUT2D eigenvalue weighted by Crippen LogP contribution is -2.21. The molecule has 0 bridgehead atoms. The van der Waals surface area contributed by atoms with Gasteiger partial charge in [0.1, 0.15) is 0 Å². The molecule has 2 heterocycles. The van der Waals surface area contributed by atoms with Crippen LogP contribution in [-0.2, 0) is 11.3 Å². The molecule has 1 aromatic rings. The first kappa shape index (κ1) is 10.6. The first-order valence-electron chi connectivity index (χ1n) is 5.63. The third kappa shape index (κ3) is 2.21. The van der Waals surface area contributed by atoms with Crippen LogP contribution in [0.3, 0.4) is 0 Å². The average Bonchev–Trinajstić information content (AvgIpc) is 2.85. The van der Waals surface area contributed by atoms with Crippen LogP contribution in [0.1, 0.15) is 25.0 Å². The van der Waals surface area contributed by atoms with Gasteiger partial charge in [0.2, 0.25) is 0 Å². The number of ether oxygens (including phenoxy) is 1. The topological polar surface area (TPSA) is 39.1 Å². The zero-order chi connectivity index (χ0) is 10.7. The van der Waals surface area contributed by atoms with Gasteiger partial charge in [0.15, 0.2) is 0 Å². The van der Waals surface area contributed by atoms with Gasteiger partial charge in [-0.05, 0) is 20.4 Å². The van der Waals surface area contributed by atoms with Gasteiger partial charge in [0.25, 0.3) is 0 Å². The molecule has 0 aliphatic carbocycles. The predicted molar refractivity (Wildman–Crippen MR) is 58.6 cm³/mol. The highest BCUT2D eigenvalue weighted by molar-refractivity contribution is 5.11. The van der Waals surface area contributed by atoms with Crippen molar-refractivity contribution in [3.8, 4) is 0 Å². The lowest BCUT2D eigenvalue weighted by molar-refractivity contribution is 0.0909. The smallest absolute Gasteiger partial charge is 0.0896 e. The highest BCUT2D eigenvalue weighted by Crippen LogP contribution is 2.33. The Kier molecular flexibility index (Phi) is 3.38. The van der Waals surface area contributed by atoms with Crippen molar-refractivity contribution in [2.45, 2.75) is 26.0 Å². The maximum Gasteiger partial charge on any atom is 0.0896 e. The highest BCUT2D eigenvalue weighted by atomic mass is 16.5. The number of hydrogen-bond donors (Lipinski definition) is 1. The van der Waals surface area contributed by atoms with Gasteiger partial charge in [0.05, 0.1) is 12.3 Å². The Morgan fingerprint density at radius 2 is 2.53 bits per heavy atom. The SMILES string of the molecule is CCn1cc(C2OCCC2CNC)cn1. The molecule has 2 unspecified atom stereocenters. The second kappa shape index (κ2) is 4.77. The number of rotatable bonds is 4. The number of aromatic nitrogens is 2. The van der Waals surface area contributed by atoms with Crippen molar-refractivity contribution in [1.82, 2.24) is 15.1 Å². The number of nitrogens with one attached hydrogen (secondary N) is 1. The van der Waals surface area contributed by atoms with E-state index in [1.807, 2.05) is 17.9 Å². The summed E-state index contributed by atoms with van der Waals surface area (Å²) in [5.41, 5.74) is 1.22. The molecule has 1 N–H and O–H groups in total. The van der Waals surface area contributed by atoms with Crippen LogP contribution in [0, 0.1) is 5.92 Å². The summed E-state index contributed by atoms with van der Waals surface area (Å²) < 4.78 is 7.72. The molecule has 0 amide bonds. The van der Waals surface area contributed by atoms with E-state index in [0.29, 0.717) is 5.92 Å². The Morgan fingerprint density at radius 1 is 1.67 bits per heavy atom. The Balaban J connectivity index is 2.08. The summed E-state index contributed by atoms with van der Waals surface area (Å²) in [6.07, 6.45) is 5.40. The fourth-order valence-electron chi connectivity index (χ4n) is 2.17. The molecule has 1 fully saturated rings. The van der Waals surface area contributed by atoms with Gasteiger partial charge in [-0.2, -0.15) is 5.10 Å². The van der Waals surface area contributed by atoms with Crippen LogP contribution >= 0.6 is 0 Å². The molecule has 1 saturated heterocycles. The molecule has 1 aliphatic heterocycles. The van der Waals surface area contributed by atoms with E-state index in [2.05, 4.69) is 23.5 Å². The molecular formula is C11H19N3O. The molecule has 0 saturated carbocycles. The van der Waals surface area contributed by atoms with Gasteiger partial charge in [-0.25, -0.2) is 0 Å². The Bertz CT molecular complexity index is 311. The summed E-state index contributed by atoms with van der Waals surface area (Å²) in [7, 11) is 1.99. The van der Waals surface area contributed by atoms with Crippen LogP contribution < -0.4 is 5.32 Å². The molecule has 4 nitrogen and oxygen atoms in total. The minimum absolute atomic E-state index is 0.234. The molecule has 0 aromatic carbocycles. The summed E-state index contributed by atoms with van der Waals surface area (Å²) >= 11 is 0. The van der Waals surface area contributed by atoms with E-state index in [1.54, 1.807) is 0 Å². The normalized spacial score (nSPS) is 26.0. The van der Waals surface area contributed by atoms with E-state index >= 15 is 0 Å². The lowest BCUT2D eigenvalue weighted by Gasteiger charge is -2.16. The van der Waals surface area contributed by atoms with Crippen LogP contribution in [0.2, 0.25) is 0 Å². The fourth-order valence-corrected chi connectivity index (χ4v) is 2.17. The monoisotopic (exact) mass is 209 g/mol. The number of aryl methyl sites for hydroxylation is 1. The highest BCUT2D eigenvalue weighted by Gasteiger charge is 2.29. The van der Waals surface area contributed by atoms with Crippen molar-refractivity contribution in [1.29, 1.82) is 0 Å². The molecule has 0 radical (unpaired) electrons. The van der Waals surface area contributed by atoms with E-state index < -0.39 is 0 Å². The maximum absolute atomic E-state index is 5.77. The zero-order valence-corrected chi connectivity index (χ0v) is 9.44. The van der Waals surface area contributed by atoms with Gasteiger partial charge >= 0.3 is 0 Å². The van der Waals surface area contributed by atoms with Crippen LogP contribution in [0.25, 0.3) is 0 Å². The summed E-state index contributed by atoms with van der Waals surface area (Å²) in [5.74, 6) is 0.588. The Hall–Kier alpha value is -0.870. The van der Waals surface area contributed by atoms with E-state index in [0.717, 1.165) is 26.1 Å². The molecule has 2 atom stereocenters. The third-order valence-corrected chi connectivity index (χ3v) is 2.99. The first-order valence-corrected chi connectivity index (χ1v) is 5.63. The maximum atomic E-state index is 5.77. The molecule has 2 rings (SSSR count). The predicted octanol–water partition coefficient (Wildman–Crippen LogP) is 1.20. The van der Waals surface area contributed by atoms with E-state index in [1.165, 1.54) is 5.56 Å². The van der Waals surface area contributed by atoms with Crippen LogP contribution in [0.5, 0.6) is 0 Å². The molecule has 1 aliphatic rings. The molecule has 0 spiro atoms. The van der Waals surface area contributed by atoms with Crippen molar-refractivity contribution in [2.24, 2.45) is 5.92 Å². The van der Waals surface area contributed by atoms with Gasteiger partial charge < -0.3 is 10.1 Å². The summed E-state index contributed by atoms with van der Waals surface area (Å²) in [5, 5.41) is 7.51. The Morgan fingerprint density at radius 3 is 3.20 bits per heavy atom. The molecule has 84 valence electrons. The van der Waals surface area contributed by atoms with E-state index in [4.69, 9.17) is 4.74 Å². The summed E-state index contributed by atoms with van der Waals surface area (Å²) in [6, 6.07) is 0. The molecule has 4 heteroatoms. The van der Waals surface area contributed by atoms with Crippen molar-refractivity contribution >= 4 is 0 Å². The van der Waals surface area contributed by atoms with Gasteiger partial charge in [-0.15, -0.1) is 0 Å². The molecule has 1 aromatic heterocycles. The third-order valence-electron chi connectivity index (χ3n) is 2.99. The van der Waals surface area contributed by atoms with Crippen molar-refractivity contribution < 1.29 is 4.74 Å². The fraction of sp³-hybridized carbons (Fsp3) is 0.727. The van der Waals surface area contributed by atoms with Gasteiger partial charge in [-0.3, -0.25) is 4.68 Å². The largest absolute Gasteiger partial charge is 0.373 e. The summed E-state index contributed by atoms with van der Waals surface area (Å²) in [6.45, 7) is 4.90. The minimum atomic E-state index is 0.234. The molecular weight excluding hydrogens is 190 g/mol. The van der Waals surface area contributed by atoms with Crippen molar-refractivity contribution in [2.75, 3.05) is 20.2 Å². The number of hydrogen-bond acceptors (Lipinski definition) is 3. The van der Waals surface area contributed by atoms with Crippen LogP contribution in [-0.4, -0.2) is 30.0 Å². The van der Waals surface area contributed by atoms with Crippen molar-refractivity contribution in [3.63, 3.8) is 0 Å². The van der Waals surface area contributed by atoms with Crippen LogP contribution in [0.15, 0.2) is 12.4 Å². The first-order chi connectivity index (χ1) is 7.35. The standard InChI is InChI=1S/C11H19N3O/c1-3-14-8-10(7-13-14)11-9(6-12-2)4-5-15-11/h7-9,11-12H,3-6H2,1-2H3. The lowest BCUT2D eigenvalue weighted by atomic mass is 9.97. The number of nitrogens with zero attached hydrogens (tertiary/aromatic N) is 2. The van der Waals surface area contributed by atoms with Crippen LogP contribution in [0.4, 0.5) is 0 Å². The molecule has 15 heavy (non-hydrogen) atoms. The van der Waals surface area contributed by atoms with Crippen molar-refractivity contribution in [3.05, 3.63) is 18.0 Å². The van der Waals surface area contributed by atoms with Gasteiger partial charge in [-0.1, -0.05) is 0 Å². The average molecular weight is 209 g/mol. The summed E-state index contributed by atoms with van der Waals surface area (Å²) in [4.78, 5) is 0. The second-order valence-electron chi connectivity index (χ2n) is 4.03. The quantitative estimate of drug-likeness (QED) is 0.810. The minimum Gasteiger partial charge on any atom is -0.373 e.